The summed E-state index contributed by atoms with van der Waals surface area (Å²) in [5.74, 6) is -0.274. The van der Waals surface area contributed by atoms with Crippen LogP contribution in [-0.4, -0.2) is 16.7 Å². The quantitative estimate of drug-likeness (QED) is 0.859. The summed E-state index contributed by atoms with van der Waals surface area (Å²) in [6.07, 6.45) is 1.71. The Morgan fingerprint density at radius 3 is 2.69 bits per heavy atom. The summed E-state index contributed by atoms with van der Waals surface area (Å²) in [5.41, 5.74) is 2.48. The summed E-state index contributed by atoms with van der Waals surface area (Å²) in [6, 6.07) is 5.84. The zero-order valence-electron chi connectivity index (χ0n) is 8.43. The molecule has 1 unspecified atom stereocenters. The van der Waals surface area contributed by atoms with Crippen molar-refractivity contribution in [3.8, 4) is 0 Å². The van der Waals surface area contributed by atoms with Crippen LogP contribution >= 0.6 is 11.3 Å². The topological polar surface area (TPSA) is 45.1 Å². The Bertz CT molecular complexity index is 430. The first-order valence-corrected chi connectivity index (χ1v) is 5.69. The predicted molar refractivity (Wildman–Crippen MR) is 62.0 cm³/mol. The minimum absolute atomic E-state index is 0.0282. The van der Waals surface area contributed by atoms with E-state index in [9.17, 15) is 9.50 Å². The highest BCUT2D eigenvalue weighted by atomic mass is 32.1. The van der Waals surface area contributed by atoms with Crippen molar-refractivity contribution in [2.24, 2.45) is 0 Å². The smallest absolute Gasteiger partial charge is 0.123 e. The number of nitrogens with one attached hydrogen (secondary N) is 1. The molecular weight excluding hydrogens is 227 g/mol. The molecule has 84 valence electrons. The lowest BCUT2D eigenvalue weighted by molar-refractivity contribution is 0.277. The fraction of sp³-hybridized carbons (Fsp3) is 0.182. The van der Waals surface area contributed by atoms with Gasteiger partial charge >= 0.3 is 0 Å². The Hall–Kier alpha value is -1.46. The lowest BCUT2D eigenvalue weighted by atomic mass is 10.2. The molecule has 2 rings (SSSR count). The summed E-state index contributed by atoms with van der Waals surface area (Å²) in [7, 11) is 0. The Kier molecular flexibility index (Phi) is 3.48. The van der Waals surface area contributed by atoms with Gasteiger partial charge in [-0.05, 0) is 24.3 Å². The lowest BCUT2D eigenvalue weighted by Crippen LogP contribution is -2.13. The fourth-order valence-electron chi connectivity index (χ4n) is 1.35. The van der Waals surface area contributed by atoms with E-state index < -0.39 is 0 Å². The van der Waals surface area contributed by atoms with Gasteiger partial charge in [0.05, 0.1) is 18.2 Å². The number of aromatic nitrogens is 1. The van der Waals surface area contributed by atoms with Crippen molar-refractivity contribution >= 4 is 17.0 Å². The van der Waals surface area contributed by atoms with E-state index in [0.29, 0.717) is 0 Å². The fourth-order valence-corrected chi connectivity index (χ4v) is 2.01. The average molecular weight is 238 g/mol. The van der Waals surface area contributed by atoms with E-state index >= 15 is 0 Å². The van der Waals surface area contributed by atoms with E-state index in [-0.39, 0.29) is 18.5 Å². The van der Waals surface area contributed by atoms with Gasteiger partial charge in [0.25, 0.3) is 0 Å². The molecule has 0 aliphatic carbocycles. The SMILES string of the molecule is OCC(Nc1ccc(F)cc1)c1cncs1. The van der Waals surface area contributed by atoms with Gasteiger partial charge in [0.1, 0.15) is 5.82 Å². The molecule has 0 radical (unpaired) electrons. The highest BCUT2D eigenvalue weighted by Crippen LogP contribution is 2.22. The Morgan fingerprint density at radius 1 is 1.38 bits per heavy atom. The minimum Gasteiger partial charge on any atom is -0.394 e. The molecule has 0 saturated carbocycles. The van der Waals surface area contributed by atoms with E-state index in [4.69, 9.17) is 0 Å². The lowest BCUT2D eigenvalue weighted by Gasteiger charge is -2.15. The van der Waals surface area contributed by atoms with Crippen LogP contribution in [0.5, 0.6) is 0 Å². The molecule has 5 heteroatoms. The van der Waals surface area contributed by atoms with Crippen LogP contribution in [0.1, 0.15) is 10.9 Å². The summed E-state index contributed by atoms with van der Waals surface area (Å²) in [4.78, 5) is 4.90. The van der Waals surface area contributed by atoms with Crippen molar-refractivity contribution < 1.29 is 9.50 Å². The molecule has 0 fully saturated rings. The second-order valence-corrected chi connectivity index (χ2v) is 4.21. The van der Waals surface area contributed by atoms with Crippen LogP contribution in [0.4, 0.5) is 10.1 Å². The number of aliphatic hydroxyl groups excluding tert-OH is 1. The van der Waals surface area contributed by atoms with Gasteiger partial charge < -0.3 is 10.4 Å². The molecule has 2 aromatic rings. The largest absolute Gasteiger partial charge is 0.394 e. The molecule has 16 heavy (non-hydrogen) atoms. The summed E-state index contributed by atoms with van der Waals surface area (Å²) in [5, 5.41) is 12.4. The molecule has 0 amide bonds. The second-order valence-electron chi connectivity index (χ2n) is 3.29. The zero-order valence-corrected chi connectivity index (χ0v) is 9.25. The highest BCUT2D eigenvalue weighted by molar-refractivity contribution is 7.09. The molecular formula is C11H11FN2OS. The van der Waals surface area contributed by atoms with Gasteiger partial charge in [-0.1, -0.05) is 0 Å². The average Bonchev–Trinajstić information content (AvgIpc) is 2.82. The first-order valence-electron chi connectivity index (χ1n) is 4.81. The number of nitrogens with zero attached hydrogens (tertiary/aromatic N) is 1. The van der Waals surface area contributed by atoms with E-state index in [1.54, 1.807) is 23.8 Å². The van der Waals surface area contributed by atoms with Crippen LogP contribution in [0.15, 0.2) is 36.0 Å². The molecule has 1 heterocycles. The van der Waals surface area contributed by atoms with Gasteiger partial charge in [0, 0.05) is 16.8 Å². The number of hydrogen-bond donors (Lipinski definition) is 2. The molecule has 0 bridgehead atoms. The first kappa shape index (κ1) is 11.0. The van der Waals surface area contributed by atoms with Crippen LogP contribution < -0.4 is 5.32 Å². The Morgan fingerprint density at radius 2 is 2.12 bits per heavy atom. The molecule has 1 aromatic heterocycles. The first-order chi connectivity index (χ1) is 7.79. The van der Waals surface area contributed by atoms with Crippen LogP contribution in [0.2, 0.25) is 0 Å². The summed E-state index contributed by atoms with van der Waals surface area (Å²) >= 11 is 1.47. The minimum atomic E-state index is -0.274. The van der Waals surface area contributed by atoms with Gasteiger partial charge in [-0.3, -0.25) is 4.98 Å². The van der Waals surface area contributed by atoms with Gasteiger partial charge in [0.15, 0.2) is 0 Å². The van der Waals surface area contributed by atoms with Gasteiger partial charge in [0.2, 0.25) is 0 Å². The van der Waals surface area contributed by atoms with Crippen molar-refractivity contribution in [2.75, 3.05) is 11.9 Å². The van der Waals surface area contributed by atoms with Crippen molar-refractivity contribution in [1.82, 2.24) is 4.98 Å². The van der Waals surface area contributed by atoms with E-state index in [0.717, 1.165) is 10.6 Å². The third kappa shape index (κ3) is 2.56. The number of benzene rings is 1. The maximum atomic E-state index is 12.7. The molecule has 0 aliphatic heterocycles. The number of rotatable bonds is 4. The van der Waals surface area contributed by atoms with Crippen molar-refractivity contribution in [3.63, 3.8) is 0 Å². The van der Waals surface area contributed by atoms with Crippen molar-refractivity contribution in [2.45, 2.75) is 6.04 Å². The van der Waals surface area contributed by atoms with Gasteiger partial charge in [-0.15, -0.1) is 11.3 Å². The van der Waals surface area contributed by atoms with Crippen molar-refractivity contribution in [3.05, 3.63) is 46.7 Å². The molecule has 1 atom stereocenters. The molecule has 3 nitrogen and oxygen atoms in total. The van der Waals surface area contributed by atoms with Crippen LogP contribution in [0, 0.1) is 5.82 Å². The van der Waals surface area contributed by atoms with Crippen LogP contribution in [0.25, 0.3) is 0 Å². The molecule has 0 saturated heterocycles. The monoisotopic (exact) mass is 238 g/mol. The van der Waals surface area contributed by atoms with Gasteiger partial charge in [-0.25, -0.2) is 4.39 Å². The Balaban J connectivity index is 2.10. The number of aliphatic hydroxyl groups is 1. The molecule has 2 N–H and O–H groups in total. The predicted octanol–water partition coefficient (Wildman–Crippen LogP) is 2.43. The summed E-state index contributed by atoms with van der Waals surface area (Å²) in [6.45, 7) is -0.0282. The van der Waals surface area contributed by atoms with Crippen LogP contribution in [0.3, 0.4) is 0 Å². The molecule has 1 aromatic carbocycles. The standard InChI is InChI=1S/C11H11FN2OS/c12-8-1-3-9(4-2-8)14-10(6-15)11-5-13-7-16-11/h1-5,7,10,14-15H,6H2. The summed E-state index contributed by atoms with van der Waals surface area (Å²) < 4.78 is 12.7. The third-order valence-electron chi connectivity index (χ3n) is 2.16. The number of thiazole rings is 1. The second kappa shape index (κ2) is 5.05. The molecule has 0 spiro atoms. The van der Waals surface area contributed by atoms with Gasteiger partial charge in [-0.2, -0.15) is 0 Å². The Labute approximate surface area is 96.6 Å². The maximum Gasteiger partial charge on any atom is 0.123 e. The van der Waals surface area contributed by atoms with Crippen LogP contribution in [-0.2, 0) is 0 Å². The van der Waals surface area contributed by atoms with Crippen molar-refractivity contribution in [1.29, 1.82) is 0 Å². The van der Waals surface area contributed by atoms with E-state index in [2.05, 4.69) is 10.3 Å². The van der Waals surface area contributed by atoms with E-state index in [1.165, 1.54) is 23.5 Å². The normalized spacial score (nSPS) is 12.4. The van der Waals surface area contributed by atoms with E-state index in [1.807, 2.05) is 0 Å². The maximum absolute atomic E-state index is 12.7. The number of hydrogen-bond acceptors (Lipinski definition) is 4. The number of anilines is 1. The highest BCUT2D eigenvalue weighted by Gasteiger charge is 2.11. The number of halogens is 1. The third-order valence-corrected chi connectivity index (χ3v) is 3.05. The zero-order chi connectivity index (χ0) is 11.4. The molecule has 0 aliphatic rings.